The molecule has 3 unspecified atom stereocenters. The average molecular weight is 408 g/mol. The smallest absolute Gasteiger partial charge is 0.200 e. The van der Waals surface area contributed by atoms with Crippen LogP contribution in [0.4, 0.5) is 0 Å². The Bertz CT molecular complexity index is 985. The molecule has 1 aromatic rings. The van der Waals surface area contributed by atoms with Crippen LogP contribution in [0.3, 0.4) is 0 Å². The van der Waals surface area contributed by atoms with Gasteiger partial charge < -0.3 is 14.6 Å². The number of aromatic hydroxyl groups is 1. The van der Waals surface area contributed by atoms with Gasteiger partial charge in [-0.15, -0.1) is 0 Å². The number of phenolic OH excluding ortho intramolecular Hbond substituents is 1. The number of carbonyl (C=O) groups excluding carboxylic acids is 2. The lowest BCUT2D eigenvalue weighted by molar-refractivity contribution is -0.139. The monoisotopic (exact) mass is 408 g/mol. The lowest BCUT2D eigenvalue weighted by Gasteiger charge is -2.47. The predicted molar refractivity (Wildman–Crippen MR) is 117 cm³/mol. The van der Waals surface area contributed by atoms with Crippen molar-refractivity contribution in [2.24, 2.45) is 17.3 Å². The number of Topliss-reactive ketones (excluding diaryl/α,β-unsaturated/α-hetero) is 2. The number of carbonyl (C=O) groups is 2. The number of ketones is 2. The van der Waals surface area contributed by atoms with Gasteiger partial charge in [-0.05, 0) is 54.7 Å². The number of hydrogen-bond donors (Lipinski definition) is 1. The van der Waals surface area contributed by atoms with Crippen LogP contribution in [0.1, 0.15) is 32.8 Å². The molecule has 5 heteroatoms. The minimum absolute atomic E-state index is 0.00701. The first-order valence-corrected chi connectivity index (χ1v) is 9.92. The van der Waals surface area contributed by atoms with Crippen molar-refractivity contribution in [1.82, 2.24) is 0 Å². The number of benzene rings is 1. The first-order chi connectivity index (χ1) is 14.2. The van der Waals surface area contributed by atoms with Crippen molar-refractivity contribution in [3.63, 3.8) is 0 Å². The van der Waals surface area contributed by atoms with Crippen molar-refractivity contribution in [2.45, 2.75) is 27.2 Å². The molecule has 0 amide bonds. The third-order valence-electron chi connectivity index (χ3n) is 6.62. The maximum absolute atomic E-state index is 13.4. The molecular formula is C25H28O5. The van der Waals surface area contributed by atoms with Crippen molar-refractivity contribution in [1.29, 1.82) is 0 Å². The minimum Gasteiger partial charge on any atom is -0.502 e. The highest BCUT2D eigenvalue weighted by atomic mass is 16.5. The topological polar surface area (TPSA) is 72.8 Å². The number of phenols is 1. The lowest BCUT2D eigenvalue weighted by Crippen LogP contribution is -2.51. The molecule has 0 bridgehead atoms. The third kappa shape index (κ3) is 3.18. The summed E-state index contributed by atoms with van der Waals surface area (Å²) in [5, 5.41) is 10.1. The second-order valence-corrected chi connectivity index (χ2v) is 8.03. The zero-order valence-corrected chi connectivity index (χ0v) is 18.1. The highest BCUT2D eigenvalue weighted by Gasteiger charge is 2.54. The molecule has 30 heavy (non-hydrogen) atoms. The molecule has 0 fully saturated rings. The molecule has 0 heterocycles. The Labute approximate surface area is 177 Å². The van der Waals surface area contributed by atoms with Gasteiger partial charge in [-0.2, -0.15) is 0 Å². The number of methoxy groups -OCH3 is 2. The normalized spacial score (nSPS) is 26.5. The fourth-order valence-corrected chi connectivity index (χ4v) is 4.63. The first-order valence-electron chi connectivity index (χ1n) is 9.92. The van der Waals surface area contributed by atoms with Crippen LogP contribution in [0, 0.1) is 17.3 Å². The van der Waals surface area contributed by atoms with Gasteiger partial charge in [0.15, 0.2) is 23.1 Å². The summed E-state index contributed by atoms with van der Waals surface area (Å²) in [5.41, 5.74) is 1.90. The van der Waals surface area contributed by atoms with Crippen LogP contribution >= 0.6 is 0 Å². The Morgan fingerprint density at radius 2 is 1.73 bits per heavy atom. The molecule has 3 atom stereocenters. The molecule has 0 spiro atoms. The second kappa shape index (κ2) is 7.98. The summed E-state index contributed by atoms with van der Waals surface area (Å²) >= 11 is 0. The third-order valence-corrected chi connectivity index (χ3v) is 6.62. The van der Waals surface area contributed by atoms with E-state index in [9.17, 15) is 14.7 Å². The van der Waals surface area contributed by atoms with Gasteiger partial charge in [-0.25, -0.2) is 0 Å². The van der Waals surface area contributed by atoms with Gasteiger partial charge >= 0.3 is 0 Å². The summed E-state index contributed by atoms with van der Waals surface area (Å²) < 4.78 is 10.5. The molecule has 5 nitrogen and oxygen atoms in total. The van der Waals surface area contributed by atoms with Crippen LogP contribution in [0.2, 0.25) is 0 Å². The summed E-state index contributed by atoms with van der Waals surface area (Å²) in [6.45, 7) is 9.28. The largest absolute Gasteiger partial charge is 0.502 e. The number of hydrogen-bond acceptors (Lipinski definition) is 5. The summed E-state index contributed by atoms with van der Waals surface area (Å²) in [4.78, 5) is 26.4. The molecule has 1 aromatic carbocycles. The quantitative estimate of drug-likeness (QED) is 0.767. The predicted octanol–water partition coefficient (Wildman–Crippen LogP) is 4.67. The van der Waals surface area contributed by atoms with E-state index in [0.717, 1.165) is 11.1 Å². The molecule has 158 valence electrons. The summed E-state index contributed by atoms with van der Waals surface area (Å²) in [6.07, 6.45) is 8.08. The zero-order chi connectivity index (χ0) is 22.2. The summed E-state index contributed by atoms with van der Waals surface area (Å²) in [5.74, 6) is -0.139. The van der Waals surface area contributed by atoms with Crippen LogP contribution in [-0.2, 0) is 9.59 Å². The number of ether oxygens (including phenoxy) is 2. The Morgan fingerprint density at radius 3 is 2.27 bits per heavy atom. The van der Waals surface area contributed by atoms with Gasteiger partial charge in [-0.1, -0.05) is 37.8 Å². The van der Waals surface area contributed by atoms with E-state index in [4.69, 9.17) is 9.47 Å². The standard InChI is InChI=1S/C25H28O5/c1-7-17-9-11-19-22(26)14(2)15(3)24(28)25(19,4)18(17)10-8-16-12-20(29-5)23(27)21(13-16)30-6/h7-10,12-13,18-19,27H,1,11H2,2-6H3. The highest BCUT2D eigenvalue weighted by Crippen LogP contribution is 2.52. The molecule has 2 aliphatic carbocycles. The molecule has 0 aliphatic heterocycles. The second-order valence-electron chi connectivity index (χ2n) is 8.03. The first kappa shape index (κ1) is 21.6. The Hall–Kier alpha value is -3.08. The van der Waals surface area contributed by atoms with Crippen LogP contribution in [0.25, 0.3) is 6.08 Å². The molecular weight excluding hydrogens is 380 g/mol. The van der Waals surface area contributed by atoms with Gasteiger partial charge in [-0.3, -0.25) is 9.59 Å². The van der Waals surface area contributed by atoms with E-state index in [1.807, 2.05) is 25.2 Å². The van der Waals surface area contributed by atoms with E-state index < -0.39 is 11.3 Å². The van der Waals surface area contributed by atoms with Crippen molar-refractivity contribution < 1.29 is 24.2 Å². The van der Waals surface area contributed by atoms with Gasteiger partial charge in [0.25, 0.3) is 0 Å². The highest BCUT2D eigenvalue weighted by molar-refractivity contribution is 6.15. The summed E-state index contributed by atoms with van der Waals surface area (Å²) in [7, 11) is 2.94. The fraction of sp³-hybridized carbons (Fsp3) is 0.360. The van der Waals surface area contributed by atoms with E-state index in [1.165, 1.54) is 14.2 Å². The molecule has 0 saturated carbocycles. The number of allylic oxidation sites excluding steroid dienone is 6. The van der Waals surface area contributed by atoms with Crippen molar-refractivity contribution in [2.75, 3.05) is 14.2 Å². The average Bonchev–Trinajstić information content (AvgIpc) is 2.75. The van der Waals surface area contributed by atoms with Gasteiger partial charge in [0.05, 0.1) is 19.6 Å². The Balaban J connectivity index is 2.10. The number of fused-ring (bicyclic) bond motifs is 1. The van der Waals surface area contributed by atoms with Gasteiger partial charge in [0, 0.05) is 11.8 Å². The van der Waals surface area contributed by atoms with Crippen molar-refractivity contribution >= 4 is 17.6 Å². The van der Waals surface area contributed by atoms with Crippen molar-refractivity contribution in [3.8, 4) is 17.2 Å². The Kier molecular flexibility index (Phi) is 5.75. The van der Waals surface area contributed by atoms with E-state index in [1.54, 1.807) is 32.1 Å². The zero-order valence-electron chi connectivity index (χ0n) is 18.1. The SMILES string of the molecule is C=CC1=CCC2C(=O)C(C)=C(C)C(=O)C2(C)C1C=Cc1cc(OC)c(O)c(OC)c1. The molecule has 2 aliphatic rings. The molecule has 0 radical (unpaired) electrons. The van der Waals surface area contributed by atoms with Gasteiger partial charge in [0.1, 0.15) is 0 Å². The van der Waals surface area contributed by atoms with E-state index in [2.05, 4.69) is 6.58 Å². The van der Waals surface area contributed by atoms with Crippen LogP contribution in [0.5, 0.6) is 17.2 Å². The molecule has 0 aromatic heterocycles. The summed E-state index contributed by atoms with van der Waals surface area (Å²) in [6, 6.07) is 3.38. The maximum Gasteiger partial charge on any atom is 0.200 e. The molecule has 3 rings (SSSR count). The van der Waals surface area contributed by atoms with Crippen molar-refractivity contribution in [3.05, 3.63) is 59.2 Å². The molecule has 1 N–H and O–H groups in total. The van der Waals surface area contributed by atoms with E-state index in [-0.39, 0.29) is 23.2 Å². The van der Waals surface area contributed by atoms with Crippen LogP contribution < -0.4 is 9.47 Å². The fourth-order valence-electron chi connectivity index (χ4n) is 4.63. The molecule has 0 saturated heterocycles. The Morgan fingerprint density at radius 1 is 1.13 bits per heavy atom. The van der Waals surface area contributed by atoms with E-state index >= 15 is 0 Å². The van der Waals surface area contributed by atoms with Crippen LogP contribution in [-0.4, -0.2) is 30.9 Å². The lowest BCUT2D eigenvalue weighted by atomic mass is 9.53. The van der Waals surface area contributed by atoms with Gasteiger partial charge in [0.2, 0.25) is 5.75 Å². The number of rotatable bonds is 5. The van der Waals surface area contributed by atoms with Crippen LogP contribution in [0.15, 0.2) is 53.7 Å². The maximum atomic E-state index is 13.4. The minimum atomic E-state index is -0.874. The van der Waals surface area contributed by atoms with E-state index in [0.29, 0.717) is 29.1 Å².